The van der Waals surface area contributed by atoms with E-state index >= 15 is 0 Å². The molecule has 2 saturated carbocycles. The van der Waals surface area contributed by atoms with Gasteiger partial charge in [0.2, 0.25) is 0 Å². The first-order chi connectivity index (χ1) is 17.8. The van der Waals surface area contributed by atoms with Crippen LogP contribution >= 0.6 is 0 Å². The molecular weight excluding hydrogens is 444 g/mol. The van der Waals surface area contributed by atoms with Crippen LogP contribution in [0, 0.1) is 0 Å². The van der Waals surface area contributed by atoms with Crippen LogP contribution in [0.3, 0.4) is 0 Å². The Bertz CT molecular complexity index is 1400. The number of anilines is 2. The number of aromatic amines is 2. The van der Waals surface area contributed by atoms with Crippen molar-refractivity contribution < 1.29 is 0 Å². The second-order valence-electron chi connectivity index (χ2n) is 10.4. The van der Waals surface area contributed by atoms with Crippen molar-refractivity contribution in [3.63, 3.8) is 0 Å². The molecule has 0 radical (unpaired) electrons. The standard InChI is InChI=1S/C30H32N6/c1-2-8-19(7-1)31-21-13-15-25-27(17-21)35-29(33-25)23-11-5-6-12-24(23)30-34-26-16-14-22(18-28(26)36-30)32-20-9-3-4-10-20/h5-6,11-20,31-32H,1-4,7-10H2,(H,33,35)(H,34,36). The van der Waals surface area contributed by atoms with Crippen molar-refractivity contribution in [3.8, 4) is 22.8 Å². The quantitative estimate of drug-likeness (QED) is 0.205. The zero-order chi connectivity index (χ0) is 23.9. The van der Waals surface area contributed by atoms with Crippen LogP contribution in [0.25, 0.3) is 44.8 Å². The van der Waals surface area contributed by atoms with Crippen molar-refractivity contribution in [2.24, 2.45) is 0 Å². The molecule has 182 valence electrons. The summed E-state index contributed by atoms with van der Waals surface area (Å²) >= 11 is 0. The first-order valence-electron chi connectivity index (χ1n) is 13.4. The summed E-state index contributed by atoms with van der Waals surface area (Å²) in [5, 5.41) is 7.39. The van der Waals surface area contributed by atoms with Gasteiger partial charge in [-0.15, -0.1) is 0 Å². The molecule has 0 aliphatic heterocycles. The summed E-state index contributed by atoms with van der Waals surface area (Å²) in [5.74, 6) is 1.73. The molecule has 3 aromatic carbocycles. The summed E-state index contributed by atoms with van der Waals surface area (Å²) in [4.78, 5) is 17.0. The number of fused-ring (bicyclic) bond motifs is 2. The van der Waals surface area contributed by atoms with Crippen LogP contribution in [-0.2, 0) is 0 Å². The Balaban J connectivity index is 1.20. The predicted octanol–water partition coefficient (Wildman–Crippen LogP) is 7.48. The van der Waals surface area contributed by atoms with E-state index in [4.69, 9.17) is 9.97 Å². The lowest BCUT2D eigenvalue weighted by molar-refractivity contribution is 0.756. The largest absolute Gasteiger partial charge is 0.382 e. The Morgan fingerprint density at radius 3 is 1.47 bits per heavy atom. The lowest BCUT2D eigenvalue weighted by Crippen LogP contribution is -2.14. The van der Waals surface area contributed by atoms with E-state index in [9.17, 15) is 0 Å². The maximum Gasteiger partial charge on any atom is 0.139 e. The molecule has 5 aromatic rings. The van der Waals surface area contributed by atoms with Gasteiger partial charge in [0, 0.05) is 34.6 Å². The molecule has 2 aliphatic carbocycles. The maximum absolute atomic E-state index is 4.93. The van der Waals surface area contributed by atoms with Crippen molar-refractivity contribution >= 4 is 33.4 Å². The summed E-state index contributed by atoms with van der Waals surface area (Å²) in [6, 6.07) is 22.4. The Kier molecular flexibility index (Phi) is 5.38. The van der Waals surface area contributed by atoms with Gasteiger partial charge < -0.3 is 20.6 Å². The summed E-state index contributed by atoms with van der Waals surface area (Å²) in [7, 11) is 0. The number of benzene rings is 3. The van der Waals surface area contributed by atoms with Crippen LogP contribution in [0.15, 0.2) is 60.7 Å². The molecule has 4 N–H and O–H groups in total. The molecule has 0 spiro atoms. The van der Waals surface area contributed by atoms with Crippen molar-refractivity contribution in [2.45, 2.75) is 63.5 Å². The minimum absolute atomic E-state index is 0.590. The van der Waals surface area contributed by atoms with E-state index in [1.165, 1.54) is 51.4 Å². The summed E-state index contributed by atoms with van der Waals surface area (Å²) < 4.78 is 0. The van der Waals surface area contributed by atoms with Crippen LogP contribution in [0.1, 0.15) is 51.4 Å². The fourth-order valence-corrected chi connectivity index (χ4v) is 5.96. The van der Waals surface area contributed by atoms with Gasteiger partial charge in [-0.1, -0.05) is 49.9 Å². The van der Waals surface area contributed by atoms with Gasteiger partial charge in [-0.2, -0.15) is 0 Å². The predicted molar refractivity (Wildman–Crippen MR) is 148 cm³/mol. The van der Waals surface area contributed by atoms with Crippen molar-refractivity contribution in [1.82, 2.24) is 19.9 Å². The fourth-order valence-electron chi connectivity index (χ4n) is 5.96. The molecule has 0 atom stereocenters. The Labute approximate surface area is 211 Å². The molecule has 2 heterocycles. The van der Waals surface area contributed by atoms with Crippen molar-refractivity contribution in [3.05, 3.63) is 60.7 Å². The zero-order valence-corrected chi connectivity index (χ0v) is 20.5. The number of nitrogens with one attached hydrogen (secondary N) is 4. The molecule has 0 unspecified atom stereocenters. The smallest absolute Gasteiger partial charge is 0.139 e. The molecule has 0 bridgehead atoms. The van der Waals surface area contributed by atoms with Gasteiger partial charge in [-0.05, 0) is 62.1 Å². The average molecular weight is 477 g/mol. The normalized spacial score (nSPS) is 16.9. The lowest BCUT2D eigenvalue weighted by atomic mass is 10.1. The second kappa shape index (κ2) is 9.01. The monoisotopic (exact) mass is 476 g/mol. The number of aromatic nitrogens is 4. The third-order valence-corrected chi connectivity index (χ3v) is 7.85. The van der Waals surface area contributed by atoms with E-state index in [1.54, 1.807) is 0 Å². The minimum atomic E-state index is 0.590. The van der Waals surface area contributed by atoms with Crippen LogP contribution in [0.4, 0.5) is 11.4 Å². The number of H-pyrrole nitrogens is 2. The SMILES string of the molecule is c1ccc(-c2nc3ccc(NC4CCCC4)cc3[nH]2)c(-c2nc3ccc(NC4CCCC4)cc3[nH]2)c1. The Morgan fingerprint density at radius 2 is 1.03 bits per heavy atom. The first kappa shape index (κ1) is 21.5. The highest BCUT2D eigenvalue weighted by Crippen LogP contribution is 2.33. The minimum Gasteiger partial charge on any atom is -0.382 e. The highest BCUT2D eigenvalue weighted by Gasteiger charge is 2.18. The average Bonchev–Trinajstić information content (AvgIpc) is 3.71. The van der Waals surface area contributed by atoms with Crippen LogP contribution in [-0.4, -0.2) is 32.0 Å². The van der Waals surface area contributed by atoms with Crippen molar-refractivity contribution in [1.29, 1.82) is 0 Å². The van der Waals surface area contributed by atoms with E-state index in [0.29, 0.717) is 12.1 Å². The first-order valence-corrected chi connectivity index (χ1v) is 13.4. The van der Waals surface area contributed by atoms with E-state index in [-0.39, 0.29) is 0 Å². The molecular formula is C30H32N6. The molecule has 7 rings (SSSR count). The Morgan fingerprint density at radius 1 is 0.583 bits per heavy atom. The fraction of sp³-hybridized carbons (Fsp3) is 0.333. The van der Waals surface area contributed by atoms with Crippen LogP contribution < -0.4 is 10.6 Å². The summed E-state index contributed by atoms with van der Waals surface area (Å²) in [6.45, 7) is 0. The molecule has 2 aromatic heterocycles. The van der Waals surface area contributed by atoms with Gasteiger partial charge >= 0.3 is 0 Å². The molecule has 36 heavy (non-hydrogen) atoms. The maximum atomic E-state index is 4.93. The third kappa shape index (κ3) is 4.11. The second-order valence-corrected chi connectivity index (χ2v) is 10.4. The molecule has 2 aliphatic rings. The van der Waals surface area contributed by atoms with E-state index in [1.807, 2.05) is 0 Å². The lowest BCUT2D eigenvalue weighted by Gasteiger charge is -2.13. The van der Waals surface area contributed by atoms with Gasteiger partial charge in [-0.25, -0.2) is 9.97 Å². The molecule has 2 fully saturated rings. The van der Waals surface area contributed by atoms with E-state index < -0.39 is 0 Å². The number of imidazole rings is 2. The van der Waals surface area contributed by atoms with Gasteiger partial charge in [0.15, 0.2) is 0 Å². The molecule has 0 saturated heterocycles. The zero-order valence-electron chi connectivity index (χ0n) is 20.5. The van der Waals surface area contributed by atoms with Gasteiger partial charge in [-0.3, -0.25) is 0 Å². The summed E-state index contributed by atoms with van der Waals surface area (Å²) in [5.41, 5.74) is 8.47. The van der Waals surface area contributed by atoms with E-state index in [2.05, 4.69) is 81.3 Å². The van der Waals surface area contributed by atoms with Crippen LogP contribution in [0.2, 0.25) is 0 Å². The van der Waals surface area contributed by atoms with Gasteiger partial charge in [0.05, 0.1) is 22.1 Å². The number of nitrogens with zero attached hydrogens (tertiary/aromatic N) is 2. The topological polar surface area (TPSA) is 81.4 Å². The molecule has 6 heteroatoms. The number of rotatable bonds is 6. The van der Waals surface area contributed by atoms with Crippen molar-refractivity contribution in [2.75, 3.05) is 10.6 Å². The number of hydrogen-bond donors (Lipinski definition) is 4. The number of hydrogen-bond acceptors (Lipinski definition) is 4. The molecule has 6 nitrogen and oxygen atoms in total. The van der Waals surface area contributed by atoms with Crippen LogP contribution in [0.5, 0.6) is 0 Å². The highest BCUT2D eigenvalue weighted by molar-refractivity contribution is 5.89. The van der Waals surface area contributed by atoms with Gasteiger partial charge in [0.25, 0.3) is 0 Å². The third-order valence-electron chi connectivity index (χ3n) is 7.85. The van der Waals surface area contributed by atoms with E-state index in [0.717, 1.165) is 56.2 Å². The molecule has 0 amide bonds. The summed E-state index contributed by atoms with van der Waals surface area (Å²) in [6.07, 6.45) is 10.3. The van der Waals surface area contributed by atoms with Gasteiger partial charge in [0.1, 0.15) is 11.6 Å². The highest BCUT2D eigenvalue weighted by atomic mass is 15.0. The Hall–Kier alpha value is -3.80.